The summed E-state index contributed by atoms with van der Waals surface area (Å²) in [5.74, 6) is 0.933. The van der Waals surface area contributed by atoms with Gasteiger partial charge in [0, 0.05) is 17.1 Å². The van der Waals surface area contributed by atoms with Crippen molar-refractivity contribution in [1.82, 2.24) is 5.32 Å². The minimum Gasteiger partial charge on any atom is -0.366 e. The molecule has 0 unspecified atom stereocenters. The number of hydrogen-bond donors (Lipinski definition) is 1. The van der Waals surface area contributed by atoms with E-state index < -0.39 is 0 Å². The van der Waals surface area contributed by atoms with E-state index in [4.69, 9.17) is 11.6 Å². The molecule has 0 fully saturated rings. The zero-order chi connectivity index (χ0) is 12.4. The number of halogens is 2. The van der Waals surface area contributed by atoms with E-state index in [-0.39, 0.29) is 12.4 Å². The SMILES string of the molecule is Cl.Clc1ccc(C2=NCc3ccccc3CN2)cc1. The summed E-state index contributed by atoms with van der Waals surface area (Å²) in [6, 6.07) is 16.1. The Bertz CT molecular complexity index is 591. The second-order valence-electron chi connectivity index (χ2n) is 4.29. The Morgan fingerprint density at radius 3 is 2.37 bits per heavy atom. The minimum absolute atomic E-state index is 0. The predicted octanol–water partition coefficient (Wildman–Crippen LogP) is 3.81. The molecular formula is C15H14Cl2N2. The molecule has 0 radical (unpaired) electrons. The zero-order valence-corrected chi connectivity index (χ0v) is 11.8. The molecule has 0 saturated carbocycles. The van der Waals surface area contributed by atoms with E-state index in [1.54, 1.807) is 0 Å². The van der Waals surface area contributed by atoms with E-state index >= 15 is 0 Å². The summed E-state index contributed by atoms with van der Waals surface area (Å²) in [7, 11) is 0. The smallest absolute Gasteiger partial charge is 0.128 e. The standard InChI is InChI=1S/C15H13ClN2.ClH/c16-14-7-5-11(6-8-14)15-17-9-12-3-1-2-4-13(12)10-18-15;/h1-8H,9-10H2,(H,17,18);1H. The van der Waals surface area contributed by atoms with Gasteiger partial charge in [0.2, 0.25) is 0 Å². The average molecular weight is 293 g/mol. The molecule has 19 heavy (non-hydrogen) atoms. The molecule has 0 spiro atoms. The second kappa shape index (κ2) is 6.09. The van der Waals surface area contributed by atoms with Gasteiger partial charge in [0.05, 0.1) is 6.54 Å². The molecule has 2 aromatic carbocycles. The van der Waals surface area contributed by atoms with Crippen LogP contribution in [0.2, 0.25) is 5.02 Å². The van der Waals surface area contributed by atoms with Crippen LogP contribution in [0.1, 0.15) is 16.7 Å². The Hall–Kier alpha value is -1.51. The molecule has 0 aliphatic carbocycles. The van der Waals surface area contributed by atoms with Gasteiger partial charge >= 0.3 is 0 Å². The van der Waals surface area contributed by atoms with Crippen LogP contribution < -0.4 is 5.32 Å². The highest BCUT2D eigenvalue weighted by Crippen LogP contribution is 2.15. The third kappa shape index (κ3) is 3.09. The topological polar surface area (TPSA) is 24.4 Å². The lowest BCUT2D eigenvalue weighted by Gasteiger charge is -2.07. The van der Waals surface area contributed by atoms with E-state index in [9.17, 15) is 0 Å². The molecular weight excluding hydrogens is 279 g/mol. The Kier molecular flexibility index (Phi) is 4.46. The van der Waals surface area contributed by atoms with Crippen LogP contribution in [0.15, 0.2) is 53.5 Å². The molecule has 0 aromatic heterocycles. The molecule has 98 valence electrons. The summed E-state index contributed by atoms with van der Waals surface area (Å²) < 4.78 is 0. The predicted molar refractivity (Wildman–Crippen MR) is 82.2 cm³/mol. The van der Waals surface area contributed by atoms with Crippen molar-refractivity contribution in [3.05, 3.63) is 70.2 Å². The van der Waals surface area contributed by atoms with E-state index in [0.29, 0.717) is 0 Å². The van der Waals surface area contributed by atoms with Crippen LogP contribution in [0, 0.1) is 0 Å². The molecule has 3 rings (SSSR count). The number of benzene rings is 2. The quantitative estimate of drug-likeness (QED) is 0.849. The second-order valence-corrected chi connectivity index (χ2v) is 4.73. The maximum atomic E-state index is 5.90. The third-order valence-corrected chi connectivity index (χ3v) is 3.34. The lowest BCUT2D eigenvalue weighted by molar-refractivity contribution is 0.920. The maximum Gasteiger partial charge on any atom is 0.128 e. The van der Waals surface area contributed by atoms with Crippen molar-refractivity contribution in [2.45, 2.75) is 13.1 Å². The van der Waals surface area contributed by atoms with E-state index in [2.05, 4.69) is 34.6 Å². The molecule has 2 nitrogen and oxygen atoms in total. The van der Waals surface area contributed by atoms with Gasteiger partial charge in [0.25, 0.3) is 0 Å². The third-order valence-electron chi connectivity index (χ3n) is 3.09. The maximum absolute atomic E-state index is 5.90. The molecule has 0 atom stereocenters. The van der Waals surface area contributed by atoms with Gasteiger partial charge in [-0.15, -0.1) is 12.4 Å². The summed E-state index contributed by atoms with van der Waals surface area (Å²) in [5.41, 5.74) is 3.67. The van der Waals surface area contributed by atoms with E-state index in [1.807, 2.05) is 24.3 Å². The fourth-order valence-electron chi connectivity index (χ4n) is 2.08. The molecule has 0 amide bonds. The van der Waals surface area contributed by atoms with E-state index in [0.717, 1.165) is 29.5 Å². The number of fused-ring (bicyclic) bond motifs is 1. The van der Waals surface area contributed by atoms with Gasteiger partial charge in [0.1, 0.15) is 5.84 Å². The molecule has 4 heteroatoms. The van der Waals surface area contributed by atoms with E-state index in [1.165, 1.54) is 11.1 Å². The molecule has 0 saturated heterocycles. The summed E-state index contributed by atoms with van der Waals surface area (Å²) >= 11 is 5.90. The number of nitrogens with one attached hydrogen (secondary N) is 1. The Labute approximate surface area is 123 Å². The van der Waals surface area contributed by atoms with Crippen LogP contribution in [0.3, 0.4) is 0 Å². The van der Waals surface area contributed by atoms with Gasteiger partial charge in [-0.3, -0.25) is 4.99 Å². The molecule has 1 aliphatic rings. The highest BCUT2D eigenvalue weighted by atomic mass is 35.5. The largest absolute Gasteiger partial charge is 0.366 e. The Balaban J connectivity index is 0.00000133. The minimum atomic E-state index is 0. The molecule has 0 bridgehead atoms. The fourth-order valence-corrected chi connectivity index (χ4v) is 2.21. The molecule has 1 aliphatic heterocycles. The van der Waals surface area contributed by atoms with Gasteiger partial charge in [-0.1, -0.05) is 35.9 Å². The summed E-state index contributed by atoms with van der Waals surface area (Å²) in [6.45, 7) is 1.54. The lowest BCUT2D eigenvalue weighted by atomic mass is 10.1. The fraction of sp³-hybridized carbons (Fsp3) is 0.133. The van der Waals surface area contributed by atoms with Crippen molar-refractivity contribution in [3.63, 3.8) is 0 Å². The van der Waals surface area contributed by atoms with Crippen molar-refractivity contribution in [2.24, 2.45) is 4.99 Å². The highest BCUT2D eigenvalue weighted by molar-refractivity contribution is 6.30. The van der Waals surface area contributed by atoms with Crippen molar-refractivity contribution in [2.75, 3.05) is 0 Å². The van der Waals surface area contributed by atoms with Crippen LogP contribution >= 0.6 is 24.0 Å². The van der Waals surface area contributed by atoms with Gasteiger partial charge in [-0.05, 0) is 35.4 Å². The van der Waals surface area contributed by atoms with Crippen molar-refractivity contribution >= 4 is 29.8 Å². The Morgan fingerprint density at radius 1 is 0.947 bits per heavy atom. The number of nitrogens with zero attached hydrogens (tertiary/aromatic N) is 1. The lowest BCUT2D eigenvalue weighted by Crippen LogP contribution is -2.22. The number of amidine groups is 1. The first-order valence-electron chi connectivity index (χ1n) is 5.94. The molecule has 1 N–H and O–H groups in total. The number of aliphatic imine (C=N–C) groups is 1. The first kappa shape index (κ1) is 13.9. The van der Waals surface area contributed by atoms with Crippen molar-refractivity contribution < 1.29 is 0 Å². The first-order chi connectivity index (χ1) is 8.83. The first-order valence-corrected chi connectivity index (χ1v) is 6.32. The molecule has 1 heterocycles. The average Bonchev–Trinajstić information content (AvgIpc) is 2.62. The van der Waals surface area contributed by atoms with Crippen LogP contribution in [-0.4, -0.2) is 5.84 Å². The van der Waals surface area contributed by atoms with Crippen molar-refractivity contribution in [1.29, 1.82) is 0 Å². The summed E-state index contributed by atoms with van der Waals surface area (Å²) in [6.07, 6.45) is 0. The monoisotopic (exact) mass is 292 g/mol. The van der Waals surface area contributed by atoms with Gasteiger partial charge < -0.3 is 5.32 Å². The van der Waals surface area contributed by atoms with Gasteiger partial charge in [-0.2, -0.15) is 0 Å². The van der Waals surface area contributed by atoms with Gasteiger partial charge in [0.15, 0.2) is 0 Å². The number of hydrogen-bond acceptors (Lipinski definition) is 2. The summed E-state index contributed by atoms with van der Waals surface area (Å²) in [4.78, 5) is 4.63. The normalized spacial score (nSPS) is 13.4. The van der Waals surface area contributed by atoms with Crippen LogP contribution in [0.5, 0.6) is 0 Å². The highest BCUT2D eigenvalue weighted by Gasteiger charge is 2.09. The van der Waals surface area contributed by atoms with Crippen molar-refractivity contribution in [3.8, 4) is 0 Å². The Morgan fingerprint density at radius 2 is 1.63 bits per heavy atom. The summed E-state index contributed by atoms with van der Waals surface area (Å²) in [5, 5.41) is 4.13. The van der Waals surface area contributed by atoms with Crippen LogP contribution in [0.25, 0.3) is 0 Å². The van der Waals surface area contributed by atoms with Crippen LogP contribution in [0.4, 0.5) is 0 Å². The molecule has 2 aromatic rings. The number of rotatable bonds is 1. The van der Waals surface area contributed by atoms with Gasteiger partial charge in [-0.25, -0.2) is 0 Å². The zero-order valence-electron chi connectivity index (χ0n) is 10.3. The van der Waals surface area contributed by atoms with Crippen LogP contribution in [-0.2, 0) is 13.1 Å².